The predicted molar refractivity (Wildman–Crippen MR) is 72.0 cm³/mol. The summed E-state index contributed by atoms with van der Waals surface area (Å²) in [4.78, 5) is 2.26. The van der Waals surface area contributed by atoms with Crippen LogP contribution in [0, 0.1) is 0 Å². The number of rotatable bonds is 15. The summed E-state index contributed by atoms with van der Waals surface area (Å²) in [6, 6.07) is 0. The maximum absolute atomic E-state index is 5.29. The highest BCUT2D eigenvalue weighted by Crippen LogP contribution is 1.90. The van der Waals surface area contributed by atoms with Crippen molar-refractivity contribution >= 4 is 0 Å². The lowest BCUT2D eigenvalue weighted by molar-refractivity contribution is -0.0485. The second-order valence-corrected chi connectivity index (χ2v) is 3.90. The van der Waals surface area contributed by atoms with E-state index in [1.165, 1.54) is 0 Å². The number of nitrogens with zero attached hydrogens (tertiary/aromatic N) is 1. The van der Waals surface area contributed by atoms with Crippen LogP contribution >= 0.6 is 0 Å². The summed E-state index contributed by atoms with van der Waals surface area (Å²) in [7, 11) is 4.90. The van der Waals surface area contributed by atoms with E-state index in [2.05, 4.69) is 10.2 Å². The third-order valence-electron chi connectivity index (χ3n) is 2.36. The highest BCUT2D eigenvalue weighted by Gasteiger charge is 2.04. The number of methoxy groups -OCH3 is 3. The summed E-state index contributed by atoms with van der Waals surface area (Å²) in [6.07, 6.45) is 0. The van der Waals surface area contributed by atoms with Crippen LogP contribution in [0.25, 0.3) is 0 Å². The summed E-state index contributed by atoms with van der Waals surface area (Å²) >= 11 is 0. The van der Waals surface area contributed by atoms with Crippen LogP contribution in [-0.2, 0) is 23.7 Å². The molecule has 0 saturated heterocycles. The first-order valence-electron chi connectivity index (χ1n) is 6.40. The molecule has 0 rings (SSSR count). The molecule has 0 atom stereocenters. The molecule has 0 amide bonds. The van der Waals surface area contributed by atoms with Gasteiger partial charge in [-0.2, -0.15) is 0 Å². The lowest BCUT2D eigenvalue weighted by Gasteiger charge is -2.22. The molecule has 19 heavy (non-hydrogen) atoms. The Balaban J connectivity index is 3.66. The van der Waals surface area contributed by atoms with Gasteiger partial charge in [0.15, 0.2) is 0 Å². The number of ether oxygens (including phenoxy) is 5. The molecule has 1 N–H and O–H groups in total. The van der Waals surface area contributed by atoms with E-state index >= 15 is 0 Å². The Labute approximate surface area is 116 Å². The molecule has 0 aliphatic carbocycles. The van der Waals surface area contributed by atoms with Crippen molar-refractivity contribution < 1.29 is 23.7 Å². The maximum Gasteiger partial charge on any atom is 0.146 e. The third kappa shape index (κ3) is 13.9. The van der Waals surface area contributed by atoms with E-state index in [0.717, 1.165) is 26.2 Å². The molecule has 0 aromatic rings. The van der Waals surface area contributed by atoms with E-state index in [1.807, 2.05) is 0 Å². The maximum atomic E-state index is 5.29. The van der Waals surface area contributed by atoms with Gasteiger partial charge < -0.3 is 23.7 Å². The normalized spacial score (nSPS) is 11.4. The first kappa shape index (κ1) is 18.7. The van der Waals surface area contributed by atoms with Crippen LogP contribution in [0.2, 0.25) is 0 Å². The highest BCUT2D eigenvalue weighted by molar-refractivity contribution is 4.58. The fourth-order valence-electron chi connectivity index (χ4n) is 1.42. The fourth-order valence-corrected chi connectivity index (χ4v) is 1.42. The molecule has 7 heteroatoms. The van der Waals surface area contributed by atoms with Gasteiger partial charge in [-0.05, 0) is 0 Å². The monoisotopic (exact) mass is 280 g/mol. The number of hydrogen-bond donors (Lipinski definition) is 1. The van der Waals surface area contributed by atoms with Crippen LogP contribution in [-0.4, -0.2) is 85.9 Å². The van der Waals surface area contributed by atoms with E-state index < -0.39 is 0 Å². The van der Waals surface area contributed by atoms with Crippen molar-refractivity contribution in [1.29, 1.82) is 0 Å². The largest absolute Gasteiger partial charge is 0.370 e. The Kier molecular flexibility index (Phi) is 15.5. The Morgan fingerprint density at radius 1 is 0.789 bits per heavy atom. The summed E-state index contributed by atoms with van der Waals surface area (Å²) in [5, 5.41) is 3.17. The molecular weight excluding hydrogens is 252 g/mol. The molecular formula is C12H28N2O5. The van der Waals surface area contributed by atoms with Crippen LogP contribution in [0.15, 0.2) is 0 Å². The van der Waals surface area contributed by atoms with Crippen LogP contribution in [0.5, 0.6) is 0 Å². The van der Waals surface area contributed by atoms with Gasteiger partial charge in [0.05, 0.1) is 19.9 Å². The average Bonchev–Trinajstić information content (AvgIpc) is 2.43. The van der Waals surface area contributed by atoms with Gasteiger partial charge in [-0.15, -0.1) is 0 Å². The zero-order valence-corrected chi connectivity index (χ0v) is 12.4. The van der Waals surface area contributed by atoms with Gasteiger partial charge in [0.25, 0.3) is 0 Å². The molecule has 0 radical (unpaired) electrons. The van der Waals surface area contributed by atoms with Gasteiger partial charge in [-0.3, -0.25) is 10.2 Å². The molecule has 0 unspecified atom stereocenters. The van der Waals surface area contributed by atoms with E-state index in [-0.39, 0.29) is 0 Å². The molecule has 0 heterocycles. The minimum absolute atomic E-state index is 0.329. The summed E-state index contributed by atoms with van der Waals surface area (Å²) in [5.74, 6) is 0. The molecule has 0 aliphatic heterocycles. The molecule has 0 aliphatic rings. The Hall–Kier alpha value is -0.280. The first-order valence-corrected chi connectivity index (χ1v) is 6.40. The first-order chi connectivity index (χ1) is 9.35. The topological polar surface area (TPSA) is 61.4 Å². The lowest BCUT2D eigenvalue weighted by atomic mass is 10.4. The molecule has 0 fully saturated rings. The van der Waals surface area contributed by atoms with Crippen molar-refractivity contribution in [2.24, 2.45) is 0 Å². The summed E-state index contributed by atoms with van der Waals surface area (Å²) in [5.41, 5.74) is 0. The van der Waals surface area contributed by atoms with E-state index in [0.29, 0.717) is 33.5 Å². The number of nitrogens with one attached hydrogen (secondary N) is 1. The SMILES string of the molecule is COCNCCN(CCOCOC)CCOCOC. The highest BCUT2D eigenvalue weighted by atomic mass is 16.7. The Morgan fingerprint density at radius 2 is 1.37 bits per heavy atom. The molecule has 0 saturated carbocycles. The zero-order chi connectivity index (χ0) is 14.2. The molecule has 7 nitrogen and oxygen atoms in total. The van der Waals surface area contributed by atoms with Gasteiger partial charge in [0, 0.05) is 47.5 Å². The van der Waals surface area contributed by atoms with E-state index in [4.69, 9.17) is 23.7 Å². The van der Waals surface area contributed by atoms with Crippen molar-refractivity contribution in [3.8, 4) is 0 Å². The number of hydrogen-bond acceptors (Lipinski definition) is 7. The molecule has 0 aromatic heterocycles. The van der Waals surface area contributed by atoms with Crippen molar-refractivity contribution in [1.82, 2.24) is 10.2 Å². The zero-order valence-electron chi connectivity index (χ0n) is 12.4. The van der Waals surface area contributed by atoms with Crippen LogP contribution < -0.4 is 5.32 Å². The standard InChI is InChI=1S/C12H28N2O5/c1-15-10-13-4-5-14(6-8-18-11-16-2)7-9-19-12-17-3/h13H,4-12H2,1-3H3. The quantitative estimate of drug-likeness (QED) is 0.327. The third-order valence-corrected chi connectivity index (χ3v) is 2.36. The lowest BCUT2D eigenvalue weighted by Crippen LogP contribution is -2.37. The molecule has 0 spiro atoms. The fraction of sp³-hybridized carbons (Fsp3) is 1.00. The van der Waals surface area contributed by atoms with Crippen molar-refractivity contribution in [3.05, 3.63) is 0 Å². The second-order valence-electron chi connectivity index (χ2n) is 3.90. The molecule has 0 aromatic carbocycles. The van der Waals surface area contributed by atoms with Crippen molar-refractivity contribution in [3.63, 3.8) is 0 Å². The Bertz CT molecular complexity index is 146. The Morgan fingerprint density at radius 3 is 1.84 bits per heavy atom. The van der Waals surface area contributed by atoms with Gasteiger partial charge in [-0.1, -0.05) is 0 Å². The van der Waals surface area contributed by atoms with Crippen molar-refractivity contribution in [2.45, 2.75) is 0 Å². The van der Waals surface area contributed by atoms with Gasteiger partial charge in [-0.25, -0.2) is 0 Å². The second kappa shape index (κ2) is 15.8. The van der Waals surface area contributed by atoms with Gasteiger partial charge in [0.2, 0.25) is 0 Å². The van der Waals surface area contributed by atoms with Crippen LogP contribution in [0.4, 0.5) is 0 Å². The summed E-state index contributed by atoms with van der Waals surface area (Å²) in [6.45, 7) is 5.96. The van der Waals surface area contributed by atoms with Gasteiger partial charge in [0.1, 0.15) is 13.6 Å². The van der Waals surface area contributed by atoms with Gasteiger partial charge >= 0.3 is 0 Å². The smallest absolute Gasteiger partial charge is 0.146 e. The minimum Gasteiger partial charge on any atom is -0.370 e. The van der Waals surface area contributed by atoms with Crippen LogP contribution in [0.1, 0.15) is 0 Å². The minimum atomic E-state index is 0.329. The average molecular weight is 280 g/mol. The van der Waals surface area contributed by atoms with Crippen LogP contribution in [0.3, 0.4) is 0 Å². The summed E-state index contributed by atoms with van der Waals surface area (Å²) < 4.78 is 25.2. The predicted octanol–water partition coefficient (Wildman–Crippen LogP) is -0.277. The van der Waals surface area contributed by atoms with E-state index in [1.54, 1.807) is 21.3 Å². The molecule has 0 bridgehead atoms. The molecule has 116 valence electrons. The van der Waals surface area contributed by atoms with E-state index in [9.17, 15) is 0 Å². The van der Waals surface area contributed by atoms with Crippen molar-refractivity contribution in [2.75, 3.05) is 81.0 Å².